The SMILES string of the molecule is CCc1ccccc1NC(=O)[C@@]12CC[C@](C)(C(=O)O1)C2(C)C. The molecule has 1 saturated carbocycles. The number of carbonyl (C=O) groups is 2. The second-order valence-electron chi connectivity index (χ2n) is 7.14. The molecule has 22 heavy (non-hydrogen) atoms. The van der Waals surface area contributed by atoms with Crippen molar-refractivity contribution in [2.45, 2.75) is 52.6 Å². The number of hydrogen-bond acceptors (Lipinski definition) is 3. The Morgan fingerprint density at radius 1 is 1.23 bits per heavy atom. The predicted octanol–water partition coefficient (Wildman–Crippen LogP) is 3.31. The van der Waals surface area contributed by atoms with Gasteiger partial charge in [-0.2, -0.15) is 0 Å². The Hall–Kier alpha value is -1.84. The van der Waals surface area contributed by atoms with Crippen LogP contribution >= 0.6 is 0 Å². The van der Waals surface area contributed by atoms with Crippen LogP contribution in [0.25, 0.3) is 0 Å². The van der Waals surface area contributed by atoms with Crippen LogP contribution in [-0.4, -0.2) is 17.5 Å². The van der Waals surface area contributed by atoms with Crippen LogP contribution in [0.2, 0.25) is 0 Å². The molecule has 0 spiro atoms. The van der Waals surface area contributed by atoms with Crippen LogP contribution in [0.1, 0.15) is 46.1 Å². The number of esters is 1. The maximum absolute atomic E-state index is 13.0. The highest BCUT2D eigenvalue weighted by Gasteiger charge is 2.75. The molecule has 1 heterocycles. The van der Waals surface area contributed by atoms with Gasteiger partial charge in [-0.1, -0.05) is 39.0 Å². The number of para-hydroxylation sites is 1. The van der Waals surface area contributed by atoms with E-state index in [0.717, 1.165) is 17.7 Å². The Kier molecular flexibility index (Phi) is 3.13. The van der Waals surface area contributed by atoms with Gasteiger partial charge in [-0.25, -0.2) is 0 Å². The molecular weight excluding hydrogens is 278 g/mol. The molecule has 1 amide bonds. The largest absolute Gasteiger partial charge is 0.448 e. The fourth-order valence-electron chi connectivity index (χ4n) is 3.92. The highest BCUT2D eigenvalue weighted by molar-refractivity contribution is 6.03. The van der Waals surface area contributed by atoms with Gasteiger partial charge in [0.15, 0.2) is 5.60 Å². The lowest BCUT2D eigenvalue weighted by atomic mass is 9.66. The lowest BCUT2D eigenvalue weighted by Crippen LogP contribution is -2.50. The second kappa shape index (κ2) is 4.58. The van der Waals surface area contributed by atoms with Crippen LogP contribution in [0, 0.1) is 10.8 Å². The molecule has 0 unspecified atom stereocenters. The van der Waals surface area contributed by atoms with Crippen molar-refractivity contribution in [3.05, 3.63) is 29.8 Å². The van der Waals surface area contributed by atoms with Crippen molar-refractivity contribution in [3.8, 4) is 0 Å². The lowest BCUT2D eigenvalue weighted by molar-refractivity contribution is -0.165. The van der Waals surface area contributed by atoms with E-state index in [2.05, 4.69) is 12.2 Å². The third kappa shape index (κ3) is 1.64. The minimum Gasteiger partial charge on any atom is -0.448 e. The standard InChI is InChI=1S/C18H23NO3/c1-5-12-8-6-7-9-13(12)19-14(20)18-11-10-17(4,15(21)22-18)16(18,2)3/h6-9H,5,10-11H2,1-4H3,(H,19,20)/t17-,18-/m1/s1. The van der Waals surface area contributed by atoms with Crippen molar-refractivity contribution in [3.63, 3.8) is 0 Å². The number of rotatable bonds is 3. The highest BCUT2D eigenvalue weighted by atomic mass is 16.6. The van der Waals surface area contributed by atoms with Gasteiger partial charge in [0.2, 0.25) is 0 Å². The molecule has 2 atom stereocenters. The van der Waals surface area contributed by atoms with Gasteiger partial charge in [-0.3, -0.25) is 9.59 Å². The number of hydrogen-bond donors (Lipinski definition) is 1. The van der Waals surface area contributed by atoms with Gasteiger partial charge >= 0.3 is 5.97 Å². The van der Waals surface area contributed by atoms with E-state index >= 15 is 0 Å². The predicted molar refractivity (Wildman–Crippen MR) is 84.4 cm³/mol. The Labute approximate surface area is 131 Å². The van der Waals surface area contributed by atoms with Crippen LogP contribution < -0.4 is 5.32 Å². The maximum atomic E-state index is 13.0. The van der Waals surface area contributed by atoms with E-state index in [0.29, 0.717) is 12.8 Å². The topological polar surface area (TPSA) is 55.4 Å². The Morgan fingerprint density at radius 3 is 2.45 bits per heavy atom. The fourth-order valence-corrected chi connectivity index (χ4v) is 3.92. The highest BCUT2D eigenvalue weighted by Crippen LogP contribution is 2.65. The number of anilines is 1. The molecule has 0 aromatic heterocycles. The smallest absolute Gasteiger partial charge is 0.313 e. The molecule has 2 fully saturated rings. The molecule has 4 nitrogen and oxygen atoms in total. The molecule has 3 rings (SSSR count). The molecular formula is C18H23NO3. The van der Waals surface area contributed by atoms with Gasteiger partial charge in [-0.05, 0) is 37.8 Å². The normalized spacial score (nSPS) is 31.9. The second-order valence-corrected chi connectivity index (χ2v) is 7.14. The molecule has 1 N–H and O–H groups in total. The number of fused-ring (bicyclic) bond motifs is 2. The van der Waals surface area contributed by atoms with Crippen LogP contribution in [0.5, 0.6) is 0 Å². The van der Waals surface area contributed by atoms with Crippen molar-refractivity contribution in [2.75, 3.05) is 5.32 Å². The van der Waals surface area contributed by atoms with E-state index in [-0.39, 0.29) is 11.9 Å². The molecule has 1 aromatic carbocycles. The summed E-state index contributed by atoms with van der Waals surface area (Å²) in [6, 6.07) is 7.75. The van der Waals surface area contributed by atoms with Crippen molar-refractivity contribution in [2.24, 2.45) is 10.8 Å². The quantitative estimate of drug-likeness (QED) is 0.871. The number of amides is 1. The summed E-state index contributed by atoms with van der Waals surface area (Å²) in [7, 11) is 0. The van der Waals surface area contributed by atoms with Gasteiger partial charge < -0.3 is 10.1 Å². The average molecular weight is 301 g/mol. The molecule has 1 aromatic rings. The molecule has 2 aliphatic rings. The van der Waals surface area contributed by atoms with Crippen LogP contribution in [-0.2, 0) is 20.7 Å². The first-order valence-electron chi connectivity index (χ1n) is 7.91. The van der Waals surface area contributed by atoms with Gasteiger partial charge in [0.1, 0.15) is 0 Å². The van der Waals surface area contributed by atoms with Crippen molar-refractivity contribution < 1.29 is 14.3 Å². The van der Waals surface area contributed by atoms with E-state index in [1.807, 2.05) is 45.0 Å². The zero-order valence-corrected chi connectivity index (χ0v) is 13.7. The summed E-state index contributed by atoms with van der Waals surface area (Å²) in [4.78, 5) is 25.2. The number of aryl methyl sites for hydroxylation is 1. The van der Waals surface area contributed by atoms with Gasteiger partial charge in [-0.15, -0.1) is 0 Å². The minimum absolute atomic E-state index is 0.201. The molecule has 1 aliphatic carbocycles. The van der Waals surface area contributed by atoms with Crippen LogP contribution in [0.3, 0.4) is 0 Å². The van der Waals surface area contributed by atoms with Crippen molar-refractivity contribution >= 4 is 17.6 Å². The summed E-state index contributed by atoms with van der Waals surface area (Å²) >= 11 is 0. The summed E-state index contributed by atoms with van der Waals surface area (Å²) in [5, 5.41) is 3.00. The van der Waals surface area contributed by atoms with Gasteiger partial charge in [0, 0.05) is 11.1 Å². The molecule has 2 bridgehead atoms. The maximum Gasteiger partial charge on any atom is 0.313 e. The van der Waals surface area contributed by atoms with Crippen LogP contribution in [0.4, 0.5) is 5.69 Å². The zero-order chi connectivity index (χ0) is 16.2. The molecule has 1 aliphatic heterocycles. The number of nitrogens with one attached hydrogen (secondary N) is 1. The average Bonchev–Trinajstić information content (AvgIpc) is 2.78. The molecule has 4 heteroatoms. The van der Waals surface area contributed by atoms with E-state index in [1.165, 1.54) is 0 Å². The van der Waals surface area contributed by atoms with Crippen molar-refractivity contribution in [1.29, 1.82) is 0 Å². The molecule has 118 valence electrons. The van der Waals surface area contributed by atoms with E-state index in [4.69, 9.17) is 4.74 Å². The molecule has 1 saturated heterocycles. The van der Waals surface area contributed by atoms with Gasteiger partial charge in [0.05, 0.1) is 5.41 Å². The summed E-state index contributed by atoms with van der Waals surface area (Å²) in [6.07, 6.45) is 2.12. The van der Waals surface area contributed by atoms with E-state index in [9.17, 15) is 9.59 Å². The van der Waals surface area contributed by atoms with E-state index < -0.39 is 16.4 Å². The van der Waals surface area contributed by atoms with Crippen molar-refractivity contribution in [1.82, 2.24) is 0 Å². The van der Waals surface area contributed by atoms with E-state index in [1.54, 1.807) is 0 Å². The molecule has 0 radical (unpaired) electrons. The first-order valence-corrected chi connectivity index (χ1v) is 7.91. The van der Waals surface area contributed by atoms with Crippen LogP contribution in [0.15, 0.2) is 24.3 Å². The first kappa shape index (κ1) is 15.1. The Morgan fingerprint density at radius 2 is 1.91 bits per heavy atom. The summed E-state index contributed by atoms with van der Waals surface area (Å²) < 4.78 is 5.62. The Bertz CT molecular complexity index is 651. The summed E-state index contributed by atoms with van der Waals surface area (Å²) in [5.41, 5.74) is -0.261. The van der Waals surface area contributed by atoms with Gasteiger partial charge in [0.25, 0.3) is 5.91 Å². The Balaban J connectivity index is 1.95. The number of benzene rings is 1. The minimum atomic E-state index is -1.06. The number of carbonyl (C=O) groups excluding carboxylic acids is 2. The lowest BCUT2D eigenvalue weighted by Gasteiger charge is -2.35. The number of ether oxygens (including phenoxy) is 1. The monoisotopic (exact) mass is 301 g/mol. The fraction of sp³-hybridized carbons (Fsp3) is 0.556. The first-order chi connectivity index (χ1) is 10.3. The summed E-state index contributed by atoms with van der Waals surface area (Å²) in [5.74, 6) is -0.448. The third-order valence-corrected chi connectivity index (χ3v) is 6.10. The zero-order valence-electron chi connectivity index (χ0n) is 13.7. The third-order valence-electron chi connectivity index (χ3n) is 6.10. The summed E-state index contributed by atoms with van der Waals surface area (Å²) in [6.45, 7) is 7.90.